The molecule has 0 aliphatic heterocycles. The molecule has 7 N–H and O–H groups in total. The highest BCUT2D eigenvalue weighted by Crippen LogP contribution is 2.13. The van der Waals surface area contributed by atoms with Crippen LogP contribution >= 0.6 is 0 Å². The molecule has 0 unspecified atom stereocenters. The van der Waals surface area contributed by atoms with Gasteiger partial charge in [-0.05, 0) is 83.5 Å². The summed E-state index contributed by atoms with van der Waals surface area (Å²) in [6.45, 7) is 3.05. The van der Waals surface area contributed by atoms with Crippen LogP contribution in [0.3, 0.4) is 0 Å². The van der Waals surface area contributed by atoms with E-state index in [0.29, 0.717) is 32.2 Å². The van der Waals surface area contributed by atoms with Crippen molar-refractivity contribution in [1.29, 1.82) is 0 Å². The average molecular weight is 820 g/mol. The second-order valence-corrected chi connectivity index (χ2v) is 15.6. The summed E-state index contributed by atoms with van der Waals surface area (Å²) in [6.07, 6.45) is 38.9. The second kappa shape index (κ2) is 41.7. The van der Waals surface area contributed by atoms with Crippen LogP contribution in [0, 0.1) is 0 Å². The van der Waals surface area contributed by atoms with Crippen molar-refractivity contribution >= 4 is 29.8 Å². The zero-order chi connectivity index (χ0) is 42.7. The van der Waals surface area contributed by atoms with E-state index in [9.17, 15) is 19.2 Å². The number of carbonyl (C=O) groups is 4. The van der Waals surface area contributed by atoms with Gasteiger partial charge in [-0.1, -0.05) is 121 Å². The number of nitrogens with two attached hydrogens (primary N) is 3. The van der Waals surface area contributed by atoms with Crippen LogP contribution in [0.15, 0.2) is 29.3 Å². The number of allylic oxidation sites excluding steroid dienone is 4. The maximum Gasteiger partial charge on any atom is 0.305 e. The molecule has 0 saturated carbocycles. The molecule has 0 saturated heterocycles. The van der Waals surface area contributed by atoms with Crippen LogP contribution in [0.2, 0.25) is 0 Å². The zero-order valence-electron chi connectivity index (χ0n) is 36.7. The highest BCUT2D eigenvalue weighted by Gasteiger charge is 2.21. The number of carbonyl (C=O) groups excluding carboxylic acids is 3. The maximum atomic E-state index is 13.2. The van der Waals surface area contributed by atoms with Crippen molar-refractivity contribution in [2.24, 2.45) is 22.2 Å². The molecule has 336 valence electrons. The predicted octanol–water partition coefficient (Wildman–Crippen LogP) is 9.42. The van der Waals surface area contributed by atoms with Gasteiger partial charge in [0.2, 0.25) is 5.91 Å². The summed E-state index contributed by atoms with van der Waals surface area (Å²) < 4.78 is 10.9. The summed E-state index contributed by atoms with van der Waals surface area (Å²) in [7, 11) is 0. The van der Waals surface area contributed by atoms with Crippen LogP contribution in [0.5, 0.6) is 0 Å². The van der Waals surface area contributed by atoms with Gasteiger partial charge in [0.25, 0.3) is 0 Å². The summed E-state index contributed by atoms with van der Waals surface area (Å²) >= 11 is 0. The van der Waals surface area contributed by atoms with Crippen molar-refractivity contribution in [1.82, 2.24) is 4.90 Å². The molecule has 0 aromatic rings. The molecule has 0 aliphatic rings. The highest BCUT2D eigenvalue weighted by atomic mass is 16.5. The smallest absolute Gasteiger partial charge is 0.305 e. The minimum atomic E-state index is -0.778. The number of hydrogen-bond donors (Lipinski definition) is 4. The topological polar surface area (TPSA) is 201 Å². The lowest BCUT2D eigenvalue weighted by Gasteiger charge is -2.25. The van der Waals surface area contributed by atoms with E-state index in [1.54, 1.807) is 0 Å². The number of aliphatic carboxylic acids is 1. The monoisotopic (exact) mass is 820 g/mol. The van der Waals surface area contributed by atoms with Crippen molar-refractivity contribution in [3.63, 3.8) is 0 Å². The molecular weight excluding hydrogens is 735 g/mol. The van der Waals surface area contributed by atoms with Gasteiger partial charge in [0, 0.05) is 25.8 Å². The van der Waals surface area contributed by atoms with E-state index in [0.717, 1.165) is 109 Å². The molecule has 12 heteroatoms. The number of carboxylic acid groups (broad SMARTS) is 1. The zero-order valence-corrected chi connectivity index (χ0v) is 36.7. The Balaban J connectivity index is 4.26. The molecule has 0 aromatic carbocycles. The Labute approximate surface area is 352 Å². The fourth-order valence-corrected chi connectivity index (χ4v) is 6.60. The van der Waals surface area contributed by atoms with E-state index in [4.69, 9.17) is 31.8 Å². The van der Waals surface area contributed by atoms with Gasteiger partial charge >= 0.3 is 17.9 Å². The fraction of sp³-hybridized carbons (Fsp3) is 0.804. The van der Waals surface area contributed by atoms with Gasteiger partial charge in [0.05, 0.1) is 19.1 Å². The summed E-state index contributed by atoms with van der Waals surface area (Å²) in [5, 5.41) is 8.67. The van der Waals surface area contributed by atoms with E-state index in [2.05, 4.69) is 36.2 Å². The third kappa shape index (κ3) is 39.4. The van der Waals surface area contributed by atoms with Crippen LogP contribution in [-0.2, 0) is 28.7 Å². The highest BCUT2D eigenvalue weighted by molar-refractivity contribution is 5.81. The van der Waals surface area contributed by atoms with Crippen LogP contribution in [0.4, 0.5) is 0 Å². The second-order valence-electron chi connectivity index (χ2n) is 15.6. The number of nitrogens with zero attached hydrogens (tertiary/aromatic N) is 2. The lowest BCUT2D eigenvalue weighted by atomic mass is 10.1. The fourth-order valence-electron chi connectivity index (χ4n) is 6.60. The van der Waals surface area contributed by atoms with Gasteiger partial charge in [-0.15, -0.1) is 0 Å². The van der Waals surface area contributed by atoms with Crippen molar-refractivity contribution < 1.29 is 33.8 Å². The number of aliphatic imine (C=N–C) groups is 1. The van der Waals surface area contributed by atoms with Crippen LogP contribution in [-0.4, -0.2) is 78.7 Å². The number of esters is 2. The van der Waals surface area contributed by atoms with E-state index >= 15 is 0 Å². The SMILES string of the molecule is CCCCCCCC/C=C\CCCCCCCC(=O)OCCN(CCOC(=O)CCCCCCC/C=C\CCCCCCCC(=O)O)C(=O)[C@@H](N)CCCN=C(N)N. The minimum Gasteiger partial charge on any atom is -0.481 e. The first-order valence-corrected chi connectivity index (χ1v) is 23.1. The molecule has 0 heterocycles. The van der Waals surface area contributed by atoms with Crippen LogP contribution < -0.4 is 17.2 Å². The summed E-state index contributed by atoms with van der Waals surface area (Å²) in [5.41, 5.74) is 17.0. The van der Waals surface area contributed by atoms with Crippen molar-refractivity contribution in [2.75, 3.05) is 32.8 Å². The molecule has 0 aliphatic carbocycles. The third-order valence-corrected chi connectivity index (χ3v) is 10.2. The third-order valence-electron chi connectivity index (χ3n) is 10.2. The van der Waals surface area contributed by atoms with Gasteiger partial charge in [-0.25, -0.2) is 0 Å². The van der Waals surface area contributed by atoms with Gasteiger partial charge in [-0.3, -0.25) is 24.2 Å². The van der Waals surface area contributed by atoms with Crippen LogP contribution in [0.1, 0.15) is 200 Å². The Bertz CT molecular complexity index is 1110. The Morgan fingerprint density at radius 1 is 0.569 bits per heavy atom. The molecule has 0 bridgehead atoms. The number of guanidine groups is 1. The number of amides is 1. The normalized spacial score (nSPS) is 11.9. The molecule has 0 radical (unpaired) electrons. The molecule has 0 aromatic heterocycles. The lowest BCUT2D eigenvalue weighted by molar-refractivity contribution is -0.148. The van der Waals surface area contributed by atoms with Crippen LogP contribution in [0.25, 0.3) is 0 Å². The number of unbranched alkanes of at least 4 members (excludes halogenated alkanes) is 21. The summed E-state index contributed by atoms with van der Waals surface area (Å²) in [5.74, 6) is -1.58. The van der Waals surface area contributed by atoms with Gasteiger partial charge in [-0.2, -0.15) is 0 Å². The predicted molar refractivity (Wildman–Crippen MR) is 237 cm³/mol. The van der Waals surface area contributed by atoms with Crippen molar-refractivity contribution in [3.05, 3.63) is 24.3 Å². The Morgan fingerprint density at radius 2 is 0.948 bits per heavy atom. The lowest BCUT2D eigenvalue weighted by Crippen LogP contribution is -2.46. The number of carboxylic acids is 1. The number of ether oxygens (including phenoxy) is 2. The average Bonchev–Trinajstić information content (AvgIpc) is 3.19. The molecule has 1 amide bonds. The van der Waals surface area contributed by atoms with Gasteiger partial charge in [0.1, 0.15) is 13.2 Å². The van der Waals surface area contributed by atoms with Gasteiger partial charge in [0.15, 0.2) is 5.96 Å². The molecular formula is C46H85N5O7. The molecule has 1 atom stereocenters. The number of rotatable bonds is 42. The standard InChI is InChI=1S/C46H85N5O7/c1-2-3-4-5-6-7-8-9-10-14-17-20-23-26-29-34-43(54)57-39-37-51(45(56)41(47)32-31-36-50-46(48)49)38-40-58-44(55)35-30-27-24-21-18-15-12-11-13-16-19-22-25-28-33-42(52)53/h9-12,41H,2-8,13-40,47H2,1H3,(H,52,53)(H4,48,49,50)/b10-9-,12-11-/t41-/m0/s1. The first kappa shape index (κ1) is 54.6. The van der Waals surface area contributed by atoms with Crippen molar-refractivity contribution in [3.8, 4) is 0 Å². The first-order valence-electron chi connectivity index (χ1n) is 23.1. The molecule has 0 rings (SSSR count). The van der Waals surface area contributed by atoms with E-state index in [1.807, 2.05) is 0 Å². The Morgan fingerprint density at radius 3 is 1.34 bits per heavy atom. The largest absolute Gasteiger partial charge is 0.481 e. The molecule has 0 fully saturated rings. The number of hydrogen-bond acceptors (Lipinski definition) is 8. The molecule has 0 spiro atoms. The van der Waals surface area contributed by atoms with E-state index in [1.165, 1.54) is 56.3 Å². The van der Waals surface area contributed by atoms with E-state index in [-0.39, 0.29) is 56.5 Å². The molecule has 12 nitrogen and oxygen atoms in total. The first-order chi connectivity index (χ1) is 28.2. The summed E-state index contributed by atoms with van der Waals surface area (Å²) in [4.78, 5) is 54.0. The Hall–Kier alpha value is -3.41. The minimum absolute atomic E-state index is 0.0116. The van der Waals surface area contributed by atoms with E-state index < -0.39 is 12.0 Å². The summed E-state index contributed by atoms with van der Waals surface area (Å²) in [6, 6.07) is -0.778. The maximum absolute atomic E-state index is 13.2. The molecule has 58 heavy (non-hydrogen) atoms. The van der Waals surface area contributed by atoms with Crippen molar-refractivity contribution in [2.45, 2.75) is 206 Å². The van der Waals surface area contributed by atoms with Gasteiger partial charge < -0.3 is 36.7 Å². The quantitative estimate of drug-likeness (QED) is 0.0151. The Kier molecular flexibility index (Phi) is 39.3.